The van der Waals surface area contributed by atoms with Crippen molar-refractivity contribution in [1.82, 2.24) is 14.9 Å². The molecule has 1 fully saturated rings. The van der Waals surface area contributed by atoms with Gasteiger partial charge in [0.05, 0.1) is 11.1 Å². The molecule has 0 atom stereocenters. The van der Waals surface area contributed by atoms with E-state index in [-0.39, 0.29) is 22.9 Å². The van der Waals surface area contributed by atoms with Gasteiger partial charge in [-0.25, -0.2) is 9.37 Å². The van der Waals surface area contributed by atoms with Gasteiger partial charge in [-0.05, 0) is 43.4 Å². The number of nitrogen functional groups attached to an aromatic ring is 1. The molecule has 2 heterocycles. The van der Waals surface area contributed by atoms with E-state index in [0.717, 1.165) is 31.9 Å². The van der Waals surface area contributed by atoms with E-state index in [1.807, 2.05) is 24.3 Å². The van der Waals surface area contributed by atoms with Gasteiger partial charge in [-0.2, -0.15) is 4.98 Å². The quantitative estimate of drug-likeness (QED) is 0.630. The van der Waals surface area contributed by atoms with E-state index in [2.05, 4.69) is 32.1 Å². The molecule has 154 valence electrons. The van der Waals surface area contributed by atoms with Crippen molar-refractivity contribution in [3.8, 4) is 0 Å². The Kier molecular flexibility index (Phi) is 5.58. The number of aromatic nitrogens is 2. The minimum Gasteiger partial charge on any atom is -0.383 e. The summed E-state index contributed by atoms with van der Waals surface area (Å²) < 4.78 is 13.9. The van der Waals surface area contributed by atoms with Gasteiger partial charge < -0.3 is 20.9 Å². The van der Waals surface area contributed by atoms with Crippen LogP contribution in [0.25, 0.3) is 0 Å². The summed E-state index contributed by atoms with van der Waals surface area (Å²) in [5.41, 5.74) is 7.93. The van der Waals surface area contributed by atoms with Gasteiger partial charge in [0.1, 0.15) is 11.6 Å². The third-order valence-electron chi connectivity index (χ3n) is 5.17. The molecule has 0 radical (unpaired) electrons. The molecule has 1 aromatic heterocycles. The van der Waals surface area contributed by atoms with E-state index >= 15 is 0 Å². The molecule has 0 saturated carbocycles. The van der Waals surface area contributed by atoms with E-state index in [1.165, 1.54) is 30.1 Å². The average molecular weight is 406 g/mol. The number of carbonyl (C=O) groups is 1. The number of rotatable bonds is 5. The number of nitrogens with two attached hydrogens (primary N) is 1. The molecule has 4 rings (SSSR count). The highest BCUT2D eigenvalue weighted by Crippen LogP contribution is 2.22. The number of anilines is 4. The Morgan fingerprint density at radius 2 is 1.73 bits per heavy atom. The predicted molar refractivity (Wildman–Crippen MR) is 116 cm³/mol. The first kappa shape index (κ1) is 19.8. The van der Waals surface area contributed by atoms with Gasteiger partial charge in [-0.3, -0.25) is 4.79 Å². The standard InChI is InChI=1S/C22H23FN6O/c1-28-10-12-29(13-11-28)16-8-6-15(7-9-16)26-22-25-14-18(21(24)27-22)20(30)17-4-2-3-5-19(17)23/h2-9,14H,10-13H2,1H3,(H3,24,25,26,27). The second kappa shape index (κ2) is 8.46. The number of benzene rings is 2. The minimum absolute atomic E-state index is 0.00481. The molecule has 1 saturated heterocycles. The number of likely N-dealkylation sites (N-methyl/N-ethyl adjacent to an activating group) is 1. The molecule has 0 bridgehead atoms. The first-order valence-electron chi connectivity index (χ1n) is 9.73. The van der Waals surface area contributed by atoms with Crippen molar-refractivity contribution in [2.75, 3.05) is 49.2 Å². The molecule has 2 aromatic carbocycles. The molecule has 8 heteroatoms. The van der Waals surface area contributed by atoms with Gasteiger partial charge in [0.2, 0.25) is 11.7 Å². The van der Waals surface area contributed by atoms with Crippen LogP contribution in [0, 0.1) is 5.82 Å². The highest BCUT2D eigenvalue weighted by atomic mass is 19.1. The molecule has 0 spiro atoms. The Morgan fingerprint density at radius 1 is 1.03 bits per heavy atom. The molecule has 1 aliphatic rings. The van der Waals surface area contributed by atoms with Crippen LogP contribution in [0.4, 0.5) is 27.5 Å². The van der Waals surface area contributed by atoms with Gasteiger partial charge in [-0.15, -0.1) is 0 Å². The fraction of sp³-hybridized carbons (Fsp3) is 0.227. The third-order valence-corrected chi connectivity index (χ3v) is 5.17. The number of carbonyl (C=O) groups excluding carboxylic acids is 1. The fourth-order valence-corrected chi connectivity index (χ4v) is 3.37. The van der Waals surface area contributed by atoms with Crippen LogP contribution in [0.15, 0.2) is 54.7 Å². The van der Waals surface area contributed by atoms with Crippen molar-refractivity contribution in [2.45, 2.75) is 0 Å². The SMILES string of the molecule is CN1CCN(c2ccc(Nc3ncc(C(=O)c4ccccc4F)c(N)n3)cc2)CC1. The molecule has 3 aromatic rings. The summed E-state index contributed by atoms with van der Waals surface area (Å²) in [6.07, 6.45) is 1.32. The summed E-state index contributed by atoms with van der Waals surface area (Å²) in [5, 5.41) is 3.08. The first-order chi connectivity index (χ1) is 14.5. The molecule has 3 N–H and O–H groups in total. The van der Waals surface area contributed by atoms with Crippen LogP contribution < -0.4 is 16.0 Å². The number of hydrogen-bond acceptors (Lipinski definition) is 7. The van der Waals surface area contributed by atoms with Crippen molar-refractivity contribution >= 4 is 28.9 Å². The van der Waals surface area contributed by atoms with Crippen LogP contribution in [0.2, 0.25) is 0 Å². The third kappa shape index (κ3) is 4.23. The van der Waals surface area contributed by atoms with Crippen LogP contribution in [0.1, 0.15) is 15.9 Å². The van der Waals surface area contributed by atoms with Crippen molar-refractivity contribution in [3.63, 3.8) is 0 Å². The van der Waals surface area contributed by atoms with Gasteiger partial charge in [-0.1, -0.05) is 12.1 Å². The second-order valence-electron chi connectivity index (χ2n) is 7.26. The molecule has 1 aliphatic heterocycles. The van der Waals surface area contributed by atoms with Crippen LogP contribution in [0.5, 0.6) is 0 Å². The molecular formula is C22H23FN6O. The maximum absolute atomic E-state index is 13.9. The van der Waals surface area contributed by atoms with Crippen LogP contribution in [-0.2, 0) is 0 Å². The van der Waals surface area contributed by atoms with E-state index < -0.39 is 11.6 Å². The van der Waals surface area contributed by atoms with Crippen LogP contribution in [-0.4, -0.2) is 53.9 Å². The summed E-state index contributed by atoms with van der Waals surface area (Å²) in [5.74, 6) is -0.891. The monoisotopic (exact) mass is 406 g/mol. The number of piperazine rings is 1. The summed E-state index contributed by atoms with van der Waals surface area (Å²) in [6.45, 7) is 4.09. The van der Waals surface area contributed by atoms with E-state index in [1.54, 1.807) is 6.07 Å². The second-order valence-corrected chi connectivity index (χ2v) is 7.26. The van der Waals surface area contributed by atoms with Crippen LogP contribution in [0.3, 0.4) is 0 Å². The number of hydrogen-bond donors (Lipinski definition) is 2. The lowest BCUT2D eigenvalue weighted by Crippen LogP contribution is -2.44. The molecule has 0 amide bonds. The zero-order chi connectivity index (χ0) is 21.1. The molecular weight excluding hydrogens is 383 g/mol. The van der Waals surface area contributed by atoms with E-state index in [0.29, 0.717) is 0 Å². The highest BCUT2D eigenvalue weighted by Gasteiger charge is 2.18. The summed E-state index contributed by atoms with van der Waals surface area (Å²) >= 11 is 0. The number of halogens is 1. The fourth-order valence-electron chi connectivity index (χ4n) is 3.37. The van der Waals surface area contributed by atoms with E-state index in [9.17, 15) is 9.18 Å². The normalized spacial score (nSPS) is 14.5. The summed E-state index contributed by atoms with van der Waals surface area (Å²) in [7, 11) is 2.13. The minimum atomic E-state index is -0.607. The lowest BCUT2D eigenvalue weighted by Gasteiger charge is -2.34. The Hall–Kier alpha value is -3.52. The molecule has 0 unspecified atom stereocenters. The van der Waals surface area contributed by atoms with Gasteiger partial charge in [0.15, 0.2) is 0 Å². The van der Waals surface area contributed by atoms with Crippen molar-refractivity contribution in [3.05, 3.63) is 71.7 Å². The lowest BCUT2D eigenvalue weighted by molar-refractivity contribution is 0.103. The number of nitrogens with one attached hydrogen (secondary N) is 1. The summed E-state index contributed by atoms with van der Waals surface area (Å²) in [4.78, 5) is 25.5. The topological polar surface area (TPSA) is 87.4 Å². The first-order valence-corrected chi connectivity index (χ1v) is 9.73. The van der Waals surface area contributed by atoms with Gasteiger partial charge in [0.25, 0.3) is 0 Å². The zero-order valence-electron chi connectivity index (χ0n) is 16.7. The Labute approximate surface area is 174 Å². The van der Waals surface area contributed by atoms with Gasteiger partial charge >= 0.3 is 0 Å². The van der Waals surface area contributed by atoms with Crippen molar-refractivity contribution in [1.29, 1.82) is 0 Å². The number of nitrogens with zero attached hydrogens (tertiary/aromatic N) is 4. The smallest absolute Gasteiger partial charge is 0.229 e. The molecule has 30 heavy (non-hydrogen) atoms. The number of ketones is 1. The molecule has 0 aliphatic carbocycles. The van der Waals surface area contributed by atoms with E-state index in [4.69, 9.17) is 5.73 Å². The summed E-state index contributed by atoms with van der Waals surface area (Å²) in [6, 6.07) is 13.7. The Bertz CT molecular complexity index is 1050. The Balaban J connectivity index is 1.46. The van der Waals surface area contributed by atoms with Crippen molar-refractivity contribution < 1.29 is 9.18 Å². The highest BCUT2D eigenvalue weighted by molar-refractivity contribution is 6.11. The predicted octanol–water partition coefficient (Wildman–Crippen LogP) is 2.92. The average Bonchev–Trinajstić information content (AvgIpc) is 2.75. The molecule has 7 nitrogen and oxygen atoms in total. The maximum Gasteiger partial charge on any atom is 0.229 e. The zero-order valence-corrected chi connectivity index (χ0v) is 16.7. The Morgan fingerprint density at radius 3 is 2.40 bits per heavy atom. The largest absolute Gasteiger partial charge is 0.383 e. The van der Waals surface area contributed by atoms with Crippen molar-refractivity contribution in [2.24, 2.45) is 0 Å². The van der Waals surface area contributed by atoms with Crippen LogP contribution >= 0.6 is 0 Å². The van der Waals surface area contributed by atoms with Gasteiger partial charge in [0, 0.05) is 43.8 Å². The maximum atomic E-state index is 13.9. The lowest BCUT2D eigenvalue weighted by atomic mass is 10.0.